The van der Waals surface area contributed by atoms with E-state index in [-0.39, 0.29) is 23.5 Å². The molecule has 1 unspecified atom stereocenters. The lowest BCUT2D eigenvalue weighted by Gasteiger charge is -2.09. The molecule has 1 fully saturated rings. The van der Waals surface area contributed by atoms with Gasteiger partial charge in [0.2, 0.25) is 0 Å². The summed E-state index contributed by atoms with van der Waals surface area (Å²) in [5, 5.41) is 6.93. The Kier molecular flexibility index (Phi) is 3.98. The zero-order valence-electron chi connectivity index (χ0n) is 12.0. The topological polar surface area (TPSA) is 81.1 Å². The number of carbonyl (C=O) groups excluding carboxylic acids is 1. The summed E-state index contributed by atoms with van der Waals surface area (Å²) >= 11 is 0. The summed E-state index contributed by atoms with van der Waals surface area (Å²) in [5.74, 6) is -0.108. The summed E-state index contributed by atoms with van der Waals surface area (Å²) in [5.41, 5.74) is 1.54. The lowest BCUT2D eigenvalue weighted by molar-refractivity contribution is 0.0941. The van der Waals surface area contributed by atoms with E-state index in [1.54, 1.807) is 10.9 Å². The molecule has 0 radical (unpaired) electrons. The van der Waals surface area contributed by atoms with Crippen molar-refractivity contribution in [2.45, 2.75) is 19.0 Å². The molecule has 22 heavy (non-hydrogen) atoms. The van der Waals surface area contributed by atoms with Crippen molar-refractivity contribution in [1.29, 1.82) is 0 Å². The number of hydrogen-bond acceptors (Lipinski definition) is 4. The molecule has 116 valence electrons. The van der Waals surface area contributed by atoms with Crippen LogP contribution in [-0.4, -0.2) is 41.7 Å². The molecule has 1 atom stereocenters. The van der Waals surface area contributed by atoms with Gasteiger partial charge in [-0.1, -0.05) is 30.3 Å². The Morgan fingerprint density at radius 2 is 2.09 bits per heavy atom. The van der Waals surface area contributed by atoms with E-state index in [0.717, 1.165) is 5.56 Å². The maximum atomic E-state index is 12.1. The van der Waals surface area contributed by atoms with Crippen molar-refractivity contribution in [2.75, 3.05) is 11.5 Å². The molecule has 1 aromatic heterocycles. The second-order valence-electron chi connectivity index (χ2n) is 5.49. The Morgan fingerprint density at radius 3 is 2.77 bits per heavy atom. The van der Waals surface area contributed by atoms with Gasteiger partial charge in [-0.2, -0.15) is 5.10 Å². The van der Waals surface area contributed by atoms with Gasteiger partial charge in [0.1, 0.15) is 0 Å². The number of hydrogen-bond donors (Lipinski definition) is 1. The third kappa shape index (κ3) is 3.54. The molecule has 1 amide bonds. The SMILES string of the molecule is O=C(NC1CCS(=O)(=O)C1)c1cnn(Cc2ccccc2)c1. The van der Waals surface area contributed by atoms with Gasteiger partial charge in [-0.25, -0.2) is 8.42 Å². The Balaban J connectivity index is 1.62. The van der Waals surface area contributed by atoms with Crippen molar-refractivity contribution >= 4 is 15.7 Å². The van der Waals surface area contributed by atoms with Crippen LogP contribution in [-0.2, 0) is 16.4 Å². The largest absolute Gasteiger partial charge is 0.348 e. The van der Waals surface area contributed by atoms with E-state index in [4.69, 9.17) is 0 Å². The summed E-state index contributed by atoms with van der Waals surface area (Å²) in [6.07, 6.45) is 3.65. The molecular formula is C15H17N3O3S. The van der Waals surface area contributed by atoms with Gasteiger partial charge in [0.25, 0.3) is 5.91 Å². The van der Waals surface area contributed by atoms with Crippen LogP contribution in [0.1, 0.15) is 22.3 Å². The van der Waals surface area contributed by atoms with E-state index in [1.807, 2.05) is 30.3 Å². The molecule has 6 nitrogen and oxygen atoms in total. The minimum absolute atomic E-state index is 0.0247. The second kappa shape index (κ2) is 5.92. The van der Waals surface area contributed by atoms with Gasteiger partial charge in [0.05, 0.1) is 29.8 Å². The second-order valence-corrected chi connectivity index (χ2v) is 7.71. The van der Waals surface area contributed by atoms with Gasteiger partial charge in [-0.15, -0.1) is 0 Å². The summed E-state index contributed by atoms with van der Waals surface area (Å²) in [4.78, 5) is 12.1. The Labute approximate surface area is 129 Å². The van der Waals surface area contributed by atoms with Crippen LogP contribution >= 0.6 is 0 Å². The fraction of sp³-hybridized carbons (Fsp3) is 0.333. The molecule has 7 heteroatoms. The fourth-order valence-electron chi connectivity index (χ4n) is 2.52. The molecule has 0 saturated carbocycles. The molecule has 1 saturated heterocycles. The maximum Gasteiger partial charge on any atom is 0.254 e. The van der Waals surface area contributed by atoms with Crippen LogP contribution in [0.2, 0.25) is 0 Å². The minimum atomic E-state index is -2.99. The predicted molar refractivity (Wildman–Crippen MR) is 82.3 cm³/mol. The number of aromatic nitrogens is 2. The van der Waals surface area contributed by atoms with Crippen LogP contribution in [0.5, 0.6) is 0 Å². The third-order valence-electron chi connectivity index (χ3n) is 3.65. The van der Waals surface area contributed by atoms with E-state index in [1.165, 1.54) is 6.20 Å². The van der Waals surface area contributed by atoms with Crippen molar-refractivity contribution in [2.24, 2.45) is 0 Å². The molecule has 1 aliphatic heterocycles. The van der Waals surface area contributed by atoms with Crippen LogP contribution < -0.4 is 5.32 Å². The maximum absolute atomic E-state index is 12.1. The Hall–Kier alpha value is -2.15. The highest BCUT2D eigenvalue weighted by atomic mass is 32.2. The van der Waals surface area contributed by atoms with Crippen LogP contribution in [0.4, 0.5) is 0 Å². The van der Waals surface area contributed by atoms with Crippen LogP contribution in [0.25, 0.3) is 0 Å². The van der Waals surface area contributed by atoms with E-state index in [0.29, 0.717) is 18.5 Å². The van der Waals surface area contributed by atoms with Crippen LogP contribution in [0.15, 0.2) is 42.7 Å². The average Bonchev–Trinajstić information content (AvgIpc) is 3.07. The molecule has 1 aromatic carbocycles. The predicted octanol–water partition coefficient (Wildman–Crippen LogP) is 0.848. The normalized spacial score (nSPS) is 19.9. The number of amides is 1. The number of carbonyl (C=O) groups is 1. The first-order chi connectivity index (χ1) is 10.5. The number of nitrogens with zero attached hydrogens (tertiary/aromatic N) is 2. The Bertz CT molecular complexity index is 768. The average molecular weight is 319 g/mol. The number of nitrogens with one attached hydrogen (secondary N) is 1. The summed E-state index contributed by atoms with van der Waals surface area (Å²) in [6.45, 7) is 0.589. The molecule has 2 heterocycles. The van der Waals surface area contributed by atoms with Gasteiger partial charge < -0.3 is 5.32 Å². The molecule has 3 rings (SSSR count). The number of benzene rings is 1. The first-order valence-corrected chi connectivity index (χ1v) is 8.92. The quantitative estimate of drug-likeness (QED) is 0.906. The van der Waals surface area contributed by atoms with E-state index >= 15 is 0 Å². The number of sulfone groups is 1. The van der Waals surface area contributed by atoms with Gasteiger partial charge in [0, 0.05) is 12.2 Å². The lowest BCUT2D eigenvalue weighted by atomic mass is 10.2. The monoisotopic (exact) mass is 319 g/mol. The number of rotatable bonds is 4. The highest BCUT2D eigenvalue weighted by Gasteiger charge is 2.29. The van der Waals surface area contributed by atoms with E-state index in [2.05, 4.69) is 10.4 Å². The van der Waals surface area contributed by atoms with Crippen molar-refractivity contribution in [3.8, 4) is 0 Å². The van der Waals surface area contributed by atoms with Crippen molar-refractivity contribution in [3.05, 3.63) is 53.9 Å². The third-order valence-corrected chi connectivity index (χ3v) is 5.42. The van der Waals surface area contributed by atoms with E-state index in [9.17, 15) is 13.2 Å². The van der Waals surface area contributed by atoms with Crippen molar-refractivity contribution in [3.63, 3.8) is 0 Å². The molecule has 1 N–H and O–H groups in total. The first-order valence-electron chi connectivity index (χ1n) is 7.09. The van der Waals surface area contributed by atoms with Crippen molar-refractivity contribution < 1.29 is 13.2 Å². The van der Waals surface area contributed by atoms with Gasteiger partial charge in [0.15, 0.2) is 9.84 Å². The summed E-state index contributed by atoms with van der Waals surface area (Å²) < 4.78 is 24.5. The Morgan fingerprint density at radius 1 is 1.32 bits per heavy atom. The van der Waals surface area contributed by atoms with Gasteiger partial charge in [-0.05, 0) is 12.0 Å². The molecule has 1 aliphatic rings. The first kappa shape index (κ1) is 14.8. The van der Waals surface area contributed by atoms with E-state index < -0.39 is 9.84 Å². The van der Waals surface area contributed by atoms with Crippen molar-refractivity contribution in [1.82, 2.24) is 15.1 Å². The van der Waals surface area contributed by atoms with Gasteiger partial charge in [-0.3, -0.25) is 9.48 Å². The van der Waals surface area contributed by atoms with Crippen LogP contribution in [0, 0.1) is 0 Å². The molecule has 0 aliphatic carbocycles. The highest BCUT2D eigenvalue weighted by Crippen LogP contribution is 2.12. The smallest absolute Gasteiger partial charge is 0.254 e. The highest BCUT2D eigenvalue weighted by molar-refractivity contribution is 7.91. The summed E-state index contributed by atoms with van der Waals surface area (Å²) in [6, 6.07) is 9.53. The fourth-order valence-corrected chi connectivity index (χ4v) is 4.19. The zero-order chi connectivity index (χ0) is 15.6. The van der Waals surface area contributed by atoms with Crippen LogP contribution in [0.3, 0.4) is 0 Å². The lowest BCUT2D eigenvalue weighted by Crippen LogP contribution is -2.35. The zero-order valence-corrected chi connectivity index (χ0v) is 12.8. The molecule has 0 bridgehead atoms. The van der Waals surface area contributed by atoms with Gasteiger partial charge >= 0.3 is 0 Å². The minimum Gasteiger partial charge on any atom is -0.348 e. The molecular weight excluding hydrogens is 302 g/mol. The molecule has 2 aromatic rings. The molecule has 0 spiro atoms. The summed E-state index contributed by atoms with van der Waals surface area (Å²) in [7, 11) is -2.99. The standard InChI is InChI=1S/C15H17N3O3S/c19-15(17-14-6-7-22(20,21)11-14)13-8-16-18(10-13)9-12-4-2-1-3-5-12/h1-5,8,10,14H,6-7,9,11H2,(H,17,19).